The molecule has 3 rings (SSSR count). The molecule has 0 radical (unpaired) electrons. The fraction of sp³-hybridized carbons (Fsp3) is 0.0667. The molecule has 3 aromatic rings. The van der Waals surface area contributed by atoms with Gasteiger partial charge in [-0.1, -0.05) is 35.5 Å². The van der Waals surface area contributed by atoms with Crippen LogP contribution in [0.25, 0.3) is 5.69 Å². The Balaban J connectivity index is 1.65. The molecule has 1 amide bonds. The fourth-order valence-corrected chi connectivity index (χ4v) is 3.09. The van der Waals surface area contributed by atoms with Crippen molar-refractivity contribution in [1.82, 2.24) is 20.2 Å². The number of halogens is 2. The van der Waals surface area contributed by atoms with E-state index in [2.05, 4.69) is 36.8 Å². The van der Waals surface area contributed by atoms with E-state index < -0.39 is 0 Å². The zero-order chi connectivity index (χ0) is 16.9. The first-order valence-corrected chi connectivity index (χ1v) is 9.00. The molecule has 0 saturated carbocycles. The smallest absolute Gasteiger partial charge is 0.234 e. The number of rotatable bonds is 5. The van der Waals surface area contributed by atoms with Crippen molar-refractivity contribution in [2.75, 3.05) is 11.1 Å². The molecule has 2 aromatic carbocycles. The Morgan fingerprint density at radius 3 is 2.71 bits per heavy atom. The van der Waals surface area contributed by atoms with Crippen LogP contribution in [0.5, 0.6) is 0 Å². The minimum Gasteiger partial charge on any atom is -0.324 e. The number of nitrogens with zero attached hydrogens (tertiary/aromatic N) is 4. The first kappa shape index (κ1) is 16.9. The van der Waals surface area contributed by atoms with Crippen molar-refractivity contribution in [2.45, 2.75) is 5.16 Å². The molecule has 1 aromatic heterocycles. The molecule has 1 heterocycles. The lowest BCUT2D eigenvalue weighted by Crippen LogP contribution is -2.15. The Hall–Kier alpha value is -1.90. The molecule has 0 atom stereocenters. The Kier molecular flexibility index (Phi) is 5.49. The van der Waals surface area contributed by atoms with Gasteiger partial charge in [0.05, 0.1) is 17.1 Å². The Labute approximate surface area is 155 Å². The van der Waals surface area contributed by atoms with Crippen LogP contribution in [0.1, 0.15) is 0 Å². The third kappa shape index (κ3) is 4.14. The van der Waals surface area contributed by atoms with E-state index in [0.29, 0.717) is 10.2 Å². The largest absolute Gasteiger partial charge is 0.324 e. The zero-order valence-corrected chi connectivity index (χ0v) is 15.3. The molecule has 1 N–H and O–H groups in total. The summed E-state index contributed by atoms with van der Waals surface area (Å²) in [5, 5.41) is 15.6. The van der Waals surface area contributed by atoms with Crippen LogP contribution < -0.4 is 5.32 Å². The molecular formula is C15H11BrClN5OS. The summed E-state index contributed by atoms with van der Waals surface area (Å²) >= 11 is 10.5. The van der Waals surface area contributed by atoms with Gasteiger partial charge in [-0.25, -0.2) is 0 Å². The summed E-state index contributed by atoms with van der Waals surface area (Å²) in [4.78, 5) is 12.1. The summed E-state index contributed by atoms with van der Waals surface area (Å²) in [6.07, 6.45) is 0. The van der Waals surface area contributed by atoms with Crippen LogP contribution in [0, 0.1) is 0 Å². The second kappa shape index (κ2) is 7.78. The lowest BCUT2D eigenvalue weighted by atomic mass is 10.3. The van der Waals surface area contributed by atoms with Gasteiger partial charge in [0, 0.05) is 9.50 Å². The predicted molar refractivity (Wildman–Crippen MR) is 97.7 cm³/mol. The van der Waals surface area contributed by atoms with Gasteiger partial charge >= 0.3 is 0 Å². The molecule has 0 saturated heterocycles. The van der Waals surface area contributed by atoms with Gasteiger partial charge in [0.2, 0.25) is 11.1 Å². The van der Waals surface area contributed by atoms with Gasteiger partial charge in [-0.2, -0.15) is 4.68 Å². The van der Waals surface area contributed by atoms with Gasteiger partial charge in [-0.15, -0.1) is 5.10 Å². The van der Waals surface area contributed by atoms with Gasteiger partial charge in [0.1, 0.15) is 0 Å². The van der Waals surface area contributed by atoms with Crippen LogP contribution in [0.2, 0.25) is 5.02 Å². The highest BCUT2D eigenvalue weighted by Gasteiger charge is 2.12. The summed E-state index contributed by atoms with van der Waals surface area (Å²) < 4.78 is 2.39. The van der Waals surface area contributed by atoms with Crippen LogP contribution in [0.4, 0.5) is 5.69 Å². The van der Waals surface area contributed by atoms with Crippen LogP contribution in [0.15, 0.2) is 58.2 Å². The number of benzene rings is 2. The van der Waals surface area contributed by atoms with Crippen LogP contribution in [-0.4, -0.2) is 31.9 Å². The van der Waals surface area contributed by atoms with E-state index in [4.69, 9.17) is 11.6 Å². The van der Waals surface area contributed by atoms with E-state index in [9.17, 15) is 4.79 Å². The van der Waals surface area contributed by atoms with Crippen molar-refractivity contribution >= 4 is 50.9 Å². The lowest BCUT2D eigenvalue weighted by molar-refractivity contribution is -0.113. The third-order valence-electron chi connectivity index (χ3n) is 2.99. The average Bonchev–Trinajstić information content (AvgIpc) is 3.04. The topological polar surface area (TPSA) is 72.7 Å². The highest BCUT2D eigenvalue weighted by molar-refractivity contribution is 9.10. The first-order valence-electron chi connectivity index (χ1n) is 6.85. The number of amides is 1. The standard InChI is InChI=1S/C15H11BrClN5OS/c16-12-3-1-2-4-13(12)18-14(23)9-24-15-19-20-21-22(15)11-7-5-10(17)6-8-11/h1-8H,9H2,(H,18,23). The van der Waals surface area contributed by atoms with Gasteiger partial charge < -0.3 is 5.32 Å². The SMILES string of the molecule is O=C(CSc1nnnn1-c1ccc(Cl)cc1)Nc1ccccc1Br. The third-order valence-corrected chi connectivity index (χ3v) is 4.86. The summed E-state index contributed by atoms with van der Waals surface area (Å²) in [5.41, 5.74) is 1.50. The molecule has 0 fully saturated rings. The molecule has 0 unspecified atom stereocenters. The lowest BCUT2D eigenvalue weighted by Gasteiger charge is -2.07. The van der Waals surface area contributed by atoms with Crippen molar-refractivity contribution < 1.29 is 4.79 Å². The zero-order valence-electron chi connectivity index (χ0n) is 12.2. The van der Waals surface area contributed by atoms with Crippen molar-refractivity contribution in [3.63, 3.8) is 0 Å². The molecule has 0 aliphatic carbocycles. The number of aromatic nitrogens is 4. The van der Waals surface area contributed by atoms with Gasteiger partial charge in [0.15, 0.2) is 0 Å². The van der Waals surface area contributed by atoms with Crippen LogP contribution in [-0.2, 0) is 4.79 Å². The first-order chi connectivity index (χ1) is 11.6. The van der Waals surface area contributed by atoms with Crippen molar-refractivity contribution in [3.05, 3.63) is 58.0 Å². The Morgan fingerprint density at radius 2 is 1.96 bits per heavy atom. The van der Waals surface area contributed by atoms with Gasteiger partial charge in [-0.05, 0) is 62.8 Å². The number of nitrogens with one attached hydrogen (secondary N) is 1. The van der Waals surface area contributed by atoms with E-state index in [0.717, 1.165) is 15.8 Å². The number of tetrazole rings is 1. The van der Waals surface area contributed by atoms with Crippen LogP contribution in [0.3, 0.4) is 0 Å². The maximum absolute atomic E-state index is 12.1. The second-order valence-corrected chi connectivity index (χ2v) is 6.90. The van der Waals surface area contributed by atoms with Crippen LogP contribution >= 0.6 is 39.3 Å². The number of thioether (sulfide) groups is 1. The molecule has 6 nitrogen and oxygen atoms in total. The monoisotopic (exact) mass is 423 g/mol. The Morgan fingerprint density at radius 1 is 1.21 bits per heavy atom. The molecule has 122 valence electrons. The normalized spacial score (nSPS) is 10.6. The van der Waals surface area contributed by atoms with E-state index in [1.165, 1.54) is 11.8 Å². The minimum atomic E-state index is -0.141. The highest BCUT2D eigenvalue weighted by atomic mass is 79.9. The summed E-state index contributed by atoms with van der Waals surface area (Å²) in [5.74, 6) is 0.0486. The molecule has 9 heteroatoms. The van der Waals surface area contributed by atoms with E-state index in [-0.39, 0.29) is 11.7 Å². The summed E-state index contributed by atoms with van der Waals surface area (Å²) in [6, 6.07) is 14.6. The van der Waals surface area contributed by atoms with Crippen molar-refractivity contribution in [1.29, 1.82) is 0 Å². The number of carbonyl (C=O) groups is 1. The molecule has 0 aliphatic heterocycles. The number of anilines is 1. The quantitative estimate of drug-likeness (QED) is 0.631. The van der Waals surface area contributed by atoms with E-state index >= 15 is 0 Å². The molecular weight excluding hydrogens is 414 g/mol. The average molecular weight is 425 g/mol. The van der Waals surface area contributed by atoms with Gasteiger partial charge in [-0.3, -0.25) is 4.79 Å². The molecule has 0 aliphatic rings. The number of para-hydroxylation sites is 1. The fourth-order valence-electron chi connectivity index (χ4n) is 1.89. The van der Waals surface area contributed by atoms with Crippen molar-refractivity contribution in [2.24, 2.45) is 0 Å². The number of carbonyl (C=O) groups excluding carboxylic acids is 1. The highest BCUT2D eigenvalue weighted by Crippen LogP contribution is 2.23. The van der Waals surface area contributed by atoms with Crippen molar-refractivity contribution in [3.8, 4) is 5.69 Å². The molecule has 0 bridgehead atoms. The summed E-state index contributed by atoms with van der Waals surface area (Å²) in [7, 11) is 0. The molecule has 0 spiro atoms. The maximum Gasteiger partial charge on any atom is 0.234 e. The predicted octanol–water partition coefficient (Wildman–Crippen LogP) is 3.81. The van der Waals surface area contributed by atoms with Gasteiger partial charge in [0.25, 0.3) is 0 Å². The second-order valence-electron chi connectivity index (χ2n) is 4.67. The maximum atomic E-state index is 12.1. The number of hydrogen-bond donors (Lipinski definition) is 1. The Bertz CT molecular complexity index is 855. The minimum absolute atomic E-state index is 0.141. The summed E-state index contributed by atoms with van der Waals surface area (Å²) in [6.45, 7) is 0. The van der Waals surface area contributed by atoms with E-state index in [1.807, 2.05) is 36.4 Å². The van der Waals surface area contributed by atoms with E-state index in [1.54, 1.807) is 16.8 Å². The molecule has 24 heavy (non-hydrogen) atoms. The number of hydrogen-bond acceptors (Lipinski definition) is 5.